The van der Waals surface area contributed by atoms with Crippen molar-refractivity contribution in [2.45, 2.75) is 39.3 Å². The van der Waals surface area contributed by atoms with E-state index in [-0.39, 0.29) is 6.09 Å². The van der Waals surface area contributed by atoms with Crippen LogP contribution in [-0.2, 0) is 17.9 Å². The second kappa shape index (κ2) is 7.82. The van der Waals surface area contributed by atoms with Crippen LogP contribution in [0.5, 0.6) is 0 Å². The van der Waals surface area contributed by atoms with E-state index in [9.17, 15) is 4.79 Å². The molecule has 3 nitrogen and oxygen atoms in total. The van der Waals surface area contributed by atoms with Crippen molar-refractivity contribution in [1.29, 1.82) is 0 Å². The van der Waals surface area contributed by atoms with Crippen molar-refractivity contribution in [2.75, 3.05) is 0 Å². The summed E-state index contributed by atoms with van der Waals surface area (Å²) in [6.07, 6.45) is 4.92. The maximum atomic E-state index is 12.6. The molecule has 0 N–H and O–H groups in total. The largest absolute Gasteiger partial charge is 0.444 e. The van der Waals surface area contributed by atoms with Gasteiger partial charge in [-0.2, -0.15) is 0 Å². The van der Waals surface area contributed by atoms with Gasteiger partial charge in [0.25, 0.3) is 0 Å². The van der Waals surface area contributed by atoms with Crippen LogP contribution in [0.2, 0.25) is 0 Å². The molecule has 0 unspecified atom stereocenters. The lowest BCUT2D eigenvalue weighted by Crippen LogP contribution is -2.32. The van der Waals surface area contributed by atoms with Gasteiger partial charge in [-0.3, -0.25) is 4.90 Å². The summed E-state index contributed by atoms with van der Waals surface area (Å²) < 4.78 is 5.54. The third-order valence-corrected chi connectivity index (χ3v) is 4.26. The summed E-state index contributed by atoms with van der Waals surface area (Å²) in [6.45, 7) is 3.05. The minimum atomic E-state index is -0.268. The highest BCUT2D eigenvalue weighted by Gasteiger charge is 2.24. The molecule has 0 bridgehead atoms. The number of unbranched alkanes of at least 4 members (excludes halogenated alkanes) is 1. The lowest BCUT2D eigenvalue weighted by molar-refractivity contribution is 0.103. The molecule has 124 valence electrons. The fourth-order valence-corrected chi connectivity index (χ4v) is 2.89. The van der Waals surface area contributed by atoms with E-state index >= 15 is 0 Å². The Morgan fingerprint density at radius 3 is 2.62 bits per heavy atom. The number of allylic oxidation sites excluding steroid dienone is 1. The molecule has 1 aliphatic rings. The Bertz CT molecular complexity index is 722. The second-order valence-corrected chi connectivity index (χ2v) is 6.06. The van der Waals surface area contributed by atoms with Gasteiger partial charge in [0.2, 0.25) is 0 Å². The molecule has 2 aromatic carbocycles. The number of ether oxygens (including phenoxy) is 1. The fourth-order valence-electron chi connectivity index (χ4n) is 2.89. The smallest absolute Gasteiger partial charge is 0.414 e. The SMILES string of the molecule is CCCCC1=Cc2ccccc2CN1C(=O)OCc1ccccc1. The second-order valence-electron chi connectivity index (χ2n) is 6.06. The van der Waals surface area contributed by atoms with E-state index in [0.29, 0.717) is 13.2 Å². The van der Waals surface area contributed by atoms with E-state index in [1.807, 2.05) is 42.5 Å². The molecule has 0 saturated carbocycles. The Hall–Kier alpha value is -2.55. The number of fused-ring (bicyclic) bond motifs is 1. The third kappa shape index (κ3) is 3.85. The summed E-state index contributed by atoms with van der Waals surface area (Å²) in [5.41, 5.74) is 4.42. The van der Waals surface area contributed by atoms with Gasteiger partial charge in [-0.25, -0.2) is 4.79 Å². The minimum absolute atomic E-state index is 0.268. The summed E-state index contributed by atoms with van der Waals surface area (Å²) >= 11 is 0. The molecule has 2 aromatic rings. The van der Waals surface area contributed by atoms with Crippen LogP contribution in [0.3, 0.4) is 0 Å². The maximum Gasteiger partial charge on any atom is 0.414 e. The summed E-state index contributed by atoms with van der Waals surface area (Å²) in [5, 5.41) is 0. The van der Waals surface area contributed by atoms with Gasteiger partial charge in [-0.15, -0.1) is 0 Å². The quantitative estimate of drug-likeness (QED) is 0.741. The molecule has 3 rings (SSSR count). The molecule has 1 heterocycles. The van der Waals surface area contributed by atoms with Crippen molar-refractivity contribution in [3.63, 3.8) is 0 Å². The molecular weight excluding hydrogens is 298 g/mol. The highest BCUT2D eigenvalue weighted by molar-refractivity contribution is 5.74. The number of carbonyl (C=O) groups is 1. The topological polar surface area (TPSA) is 29.5 Å². The average molecular weight is 321 g/mol. The van der Waals surface area contributed by atoms with Gasteiger partial charge in [-0.1, -0.05) is 67.9 Å². The van der Waals surface area contributed by atoms with Gasteiger partial charge >= 0.3 is 6.09 Å². The predicted molar refractivity (Wildman–Crippen MR) is 96.1 cm³/mol. The fraction of sp³-hybridized carbons (Fsp3) is 0.286. The Morgan fingerprint density at radius 2 is 1.83 bits per heavy atom. The van der Waals surface area contributed by atoms with Crippen LogP contribution in [0.4, 0.5) is 4.79 Å². The molecule has 0 aliphatic carbocycles. The number of benzene rings is 2. The monoisotopic (exact) mass is 321 g/mol. The number of rotatable bonds is 5. The maximum absolute atomic E-state index is 12.6. The average Bonchev–Trinajstić information content (AvgIpc) is 2.64. The van der Waals surface area contributed by atoms with Gasteiger partial charge in [-0.05, 0) is 35.6 Å². The predicted octanol–water partition coefficient (Wildman–Crippen LogP) is 5.37. The van der Waals surface area contributed by atoms with Crippen molar-refractivity contribution in [2.24, 2.45) is 0 Å². The van der Waals surface area contributed by atoms with Crippen molar-refractivity contribution in [3.05, 3.63) is 77.0 Å². The van der Waals surface area contributed by atoms with Crippen LogP contribution in [0.25, 0.3) is 6.08 Å². The van der Waals surface area contributed by atoms with Gasteiger partial charge in [0, 0.05) is 5.70 Å². The van der Waals surface area contributed by atoms with Crippen LogP contribution in [0, 0.1) is 0 Å². The van der Waals surface area contributed by atoms with E-state index in [1.165, 1.54) is 5.56 Å². The molecule has 1 amide bonds. The van der Waals surface area contributed by atoms with Gasteiger partial charge in [0.1, 0.15) is 6.61 Å². The normalized spacial score (nSPS) is 13.2. The van der Waals surface area contributed by atoms with Crippen LogP contribution in [0.1, 0.15) is 42.9 Å². The third-order valence-electron chi connectivity index (χ3n) is 4.26. The zero-order chi connectivity index (χ0) is 16.8. The van der Waals surface area contributed by atoms with Crippen molar-refractivity contribution in [3.8, 4) is 0 Å². The lowest BCUT2D eigenvalue weighted by atomic mass is 9.99. The van der Waals surface area contributed by atoms with Crippen molar-refractivity contribution >= 4 is 12.2 Å². The molecule has 0 radical (unpaired) electrons. The lowest BCUT2D eigenvalue weighted by Gasteiger charge is -2.29. The molecule has 0 fully saturated rings. The molecule has 3 heteroatoms. The first kappa shape index (κ1) is 16.3. The van der Waals surface area contributed by atoms with E-state index in [0.717, 1.165) is 36.1 Å². The molecular formula is C21H23NO2. The van der Waals surface area contributed by atoms with Gasteiger partial charge < -0.3 is 4.74 Å². The summed E-state index contributed by atoms with van der Waals surface area (Å²) in [5.74, 6) is 0. The molecule has 0 spiro atoms. The van der Waals surface area contributed by atoms with E-state index < -0.39 is 0 Å². The van der Waals surface area contributed by atoms with Crippen molar-refractivity contribution in [1.82, 2.24) is 4.90 Å². The number of hydrogen-bond donors (Lipinski definition) is 0. The number of nitrogens with zero attached hydrogens (tertiary/aromatic N) is 1. The first-order chi connectivity index (χ1) is 11.8. The van der Waals surface area contributed by atoms with E-state index in [1.54, 1.807) is 4.90 Å². The van der Waals surface area contributed by atoms with Crippen molar-refractivity contribution < 1.29 is 9.53 Å². The summed E-state index contributed by atoms with van der Waals surface area (Å²) in [7, 11) is 0. The van der Waals surface area contributed by atoms with Crippen LogP contribution in [-0.4, -0.2) is 11.0 Å². The Balaban J connectivity index is 1.73. The zero-order valence-electron chi connectivity index (χ0n) is 14.1. The highest BCUT2D eigenvalue weighted by atomic mass is 16.6. The highest BCUT2D eigenvalue weighted by Crippen LogP contribution is 2.28. The van der Waals surface area contributed by atoms with E-state index in [2.05, 4.69) is 25.1 Å². The number of hydrogen-bond acceptors (Lipinski definition) is 2. The summed E-state index contributed by atoms with van der Waals surface area (Å²) in [6, 6.07) is 18.0. The Morgan fingerprint density at radius 1 is 1.08 bits per heavy atom. The van der Waals surface area contributed by atoms with Gasteiger partial charge in [0.15, 0.2) is 0 Å². The van der Waals surface area contributed by atoms with Gasteiger partial charge in [0.05, 0.1) is 6.54 Å². The molecule has 0 atom stereocenters. The van der Waals surface area contributed by atoms with E-state index in [4.69, 9.17) is 4.74 Å². The Kier molecular flexibility index (Phi) is 5.32. The standard InChI is InChI=1S/C21H23NO2/c1-2-3-13-20-14-18-11-7-8-12-19(18)15-22(20)21(23)24-16-17-9-5-4-6-10-17/h4-12,14H,2-3,13,15-16H2,1H3. The first-order valence-electron chi connectivity index (χ1n) is 8.54. The molecule has 0 saturated heterocycles. The van der Waals surface area contributed by atoms with Crippen LogP contribution >= 0.6 is 0 Å². The molecule has 24 heavy (non-hydrogen) atoms. The first-order valence-corrected chi connectivity index (χ1v) is 8.54. The minimum Gasteiger partial charge on any atom is -0.444 e. The number of carbonyl (C=O) groups excluding carboxylic acids is 1. The zero-order valence-corrected chi connectivity index (χ0v) is 14.1. The molecule has 1 aliphatic heterocycles. The summed E-state index contributed by atoms with van der Waals surface area (Å²) in [4.78, 5) is 14.4. The van der Waals surface area contributed by atoms with Crippen LogP contribution < -0.4 is 0 Å². The molecule has 0 aromatic heterocycles. The number of amides is 1. The van der Waals surface area contributed by atoms with Crippen LogP contribution in [0.15, 0.2) is 60.3 Å². The Labute approximate surface area is 143 Å².